The molecule has 8 heteroatoms. The first-order valence-electron chi connectivity index (χ1n) is 12.9. The summed E-state index contributed by atoms with van der Waals surface area (Å²) in [6, 6.07) is 14.6. The Morgan fingerprint density at radius 2 is 1.72 bits per heavy atom. The largest absolute Gasteiger partial charge is 1.00 e. The third kappa shape index (κ3) is 4.12. The van der Waals surface area contributed by atoms with Crippen molar-refractivity contribution in [1.82, 2.24) is 4.98 Å². The van der Waals surface area contributed by atoms with Gasteiger partial charge in [0.2, 0.25) is 12.5 Å². The summed E-state index contributed by atoms with van der Waals surface area (Å²) in [6.45, 7) is 1.14. The maximum Gasteiger partial charge on any atom is 0.231 e. The van der Waals surface area contributed by atoms with E-state index in [1.165, 1.54) is 33.3 Å². The lowest BCUT2D eigenvalue weighted by atomic mass is 9.88. The number of H-pyrrole nitrogens is 1. The molecule has 7 rings (SSSR count). The molecule has 0 atom stereocenters. The second-order valence-electron chi connectivity index (χ2n) is 9.75. The van der Waals surface area contributed by atoms with E-state index in [1.807, 2.05) is 12.1 Å². The molecule has 200 valence electrons. The van der Waals surface area contributed by atoms with Crippen molar-refractivity contribution in [1.29, 1.82) is 0 Å². The number of halogens is 1. The molecule has 1 N–H and O–H groups in total. The van der Waals surface area contributed by atoms with E-state index in [0.29, 0.717) is 0 Å². The van der Waals surface area contributed by atoms with Crippen molar-refractivity contribution in [2.75, 3.05) is 28.1 Å². The number of aryl methyl sites for hydroxylation is 4. The third-order valence-corrected chi connectivity index (χ3v) is 7.86. The average Bonchev–Trinajstić information content (AvgIpc) is 3.59. The van der Waals surface area contributed by atoms with Crippen LogP contribution >= 0.6 is 0 Å². The highest BCUT2D eigenvalue weighted by Gasteiger charge is 2.32. The van der Waals surface area contributed by atoms with Gasteiger partial charge in [-0.2, -0.15) is 4.57 Å². The zero-order chi connectivity index (χ0) is 25.8. The van der Waals surface area contributed by atoms with Crippen molar-refractivity contribution in [3.05, 3.63) is 71.5 Å². The van der Waals surface area contributed by atoms with Gasteiger partial charge in [-0.15, -0.1) is 0 Å². The molecule has 0 radical (unpaired) electrons. The van der Waals surface area contributed by atoms with Gasteiger partial charge >= 0.3 is 0 Å². The van der Waals surface area contributed by atoms with E-state index in [1.54, 1.807) is 21.3 Å². The zero-order valence-corrected chi connectivity index (χ0v) is 24.3. The van der Waals surface area contributed by atoms with E-state index in [9.17, 15) is 0 Å². The fraction of sp³-hybridized carbons (Fsp3) is 0.258. The first-order chi connectivity index (χ1) is 18.7. The molecule has 0 saturated heterocycles. The molecular weight excluding hydrogens is 607 g/mol. The van der Waals surface area contributed by atoms with Crippen LogP contribution in [0.4, 0.5) is 0 Å². The first kappa shape index (κ1) is 25.6. The molecule has 0 fully saturated rings. The number of pyridine rings is 1. The minimum atomic E-state index is 0. The summed E-state index contributed by atoms with van der Waals surface area (Å²) >= 11 is 0. The number of hydrogen-bond donors (Lipinski definition) is 1. The van der Waals surface area contributed by atoms with Crippen LogP contribution in [0, 0.1) is 0 Å². The molecule has 0 aliphatic carbocycles. The fourth-order valence-corrected chi connectivity index (χ4v) is 6.01. The SMILES string of the molecule is COc1ccc2[nH]cc(CCc3c4[n+](cc5c(OC)c(OC)ccc35)CCc3cc5c(cc3-4)OCO5)c2c1.[I-]. The van der Waals surface area contributed by atoms with E-state index < -0.39 is 0 Å². The summed E-state index contributed by atoms with van der Waals surface area (Å²) in [6.07, 6.45) is 6.96. The molecule has 0 spiro atoms. The summed E-state index contributed by atoms with van der Waals surface area (Å²) in [4.78, 5) is 3.42. The van der Waals surface area contributed by atoms with Gasteiger partial charge in [-0.25, -0.2) is 0 Å². The molecule has 0 amide bonds. The number of nitrogens with one attached hydrogen (secondary N) is 1. The molecule has 3 aromatic carbocycles. The number of ether oxygens (including phenoxy) is 5. The second-order valence-corrected chi connectivity index (χ2v) is 9.75. The maximum atomic E-state index is 5.87. The predicted octanol–water partition coefficient (Wildman–Crippen LogP) is 2.38. The van der Waals surface area contributed by atoms with E-state index in [2.05, 4.69) is 52.3 Å². The summed E-state index contributed by atoms with van der Waals surface area (Å²) in [7, 11) is 5.09. The van der Waals surface area contributed by atoms with Gasteiger partial charge < -0.3 is 52.6 Å². The van der Waals surface area contributed by atoms with Crippen LogP contribution in [0.1, 0.15) is 16.7 Å². The summed E-state index contributed by atoms with van der Waals surface area (Å²) < 4.78 is 30.8. The smallest absolute Gasteiger partial charge is 0.231 e. The fourth-order valence-electron chi connectivity index (χ4n) is 6.01. The number of fused-ring (bicyclic) bond motifs is 6. The third-order valence-electron chi connectivity index (χ3n) is 7.86. The molecule has 5 aromatic rings. The van der Waals surface area contributed by atoms with Crippen LogP contribution in [-0.2, 0) is 25.8 Å². The van der Waals surface area contributed by atoms with Gasteiger partial charge in [0.25, 0.3) is 0 Å². The van der Waals surface area contributed by atoms with Crippen LogP contribution in [0.25, 0.3) is 32.9 Å². The van der Waals surface area contributed by atoms with Gasteiger partial charge in [0.15, 0.2) is 35.7 Å². The molecule has 4 heterocycles. The lowest BCUT2D eigenvalue weighted by molar-refractivity contribution is -0.686. The van der Waals surface area contributed by atoms with Gasteiger partial charge in [0, 0.05) is 34.5 Å². The van der Waals surface area contributed by atoms with Gasteiger partial charge in [0.05, 0.1) is 32.3 Å². The van der Waals surface area contributed by atoms with E-state index in [0.717, 1.165) is 70.8 Å². The Balaban J connectivity index is 0.00000277. The molecule has 0 bridgehead atoms. The lowest BCUT2D eigenvalue weighted by Gasteiger charge is -2.21. The molecule has 0 unspecified atom stereocenters. The van der Waals surface area contributed by atoms with Crippen molar-refractivity contribution in [3.8, 4) is 40.0 Å². The highest BCUT2D eigenvalue weighted by Crippen LogP contribution is 2.44. The molecular formula is C31H29IN2O5. The Hall–Kier alpha value is -3.66. The van der Waals surface area contributed by atoms with Crippen LogP contribution in [0.3, 0.4) is 0 Å². The van der Waals surface area contributed by atoms with Crippen LogP contribution in [0.2, 0.25) is 0 Å². The number of hydrogen-bond acceptors (Lipinski definition) is 5. The van der Waals surface area contributed by atoms with E-state index in [4.69, 9.17) is 23.7 Å². The quantitative estimate of drug-likeness (QED) is 0.229. The molecule has 2 aromatic heterocycles. The molecule has 7 nitrogen and oxygen atoms in total. The molecule has 2 aliphatic rings. The summed E-state index contributed by atoms with van der Waals surface area (Å²) in [5.41, 5.74) is 7.36. The first-order valence-corrected chi connectivity index (χ1v) is 12.9. The van der Waals surface area contributed by atoms with Gasteiger partial charge in [0.1, 0.15) is 5.75 Å². The van der Waals surface area contributed by atoms with Gasteiger partial charge in [-0.1, -0.05) is 0 Å². The lowest BCUT2D eigenvalue weighted by Crippen LogP contribution is -3.00. The maximum absolute atomic E-state index is 5.87. The number of benzene rings is 3. The van der Waals surface area contributed by atoms with Crippen molar-refractivity contribution in [2.24, 2.45) is 0 Å². The minimum Gasteiger partial charge on any atom is -1.00 e. The summed E-state index contributed by atoms with van der Waals surface area (Å²) in [5.74, 6) is 3.99. The van der Waals surface area contributed by atoms with Crippen LogP contribution in [0.5, 0.6) is 28.7 Å². The number of rotatable bonds is 6. The van der Waals surface area contributed by atoms with Crippen molar-refractivity contribution >= 4 is 21.7 Å². The highest BCUT2D eigenvalue weighted by molar-refractivity contribution is 5.95. The Labute approximate surface area is 243 Å². The number of aromatic nitrogens is 2. The molecule has 2 aliphatic heterocycles. The zero-order valence-electron chi connectivity index (χ0n) is 22.1. The Bertz CT molecular complexity index is 1730. The Morgan fingerprint density at radius 1 is 0.872 bits per heavy atom. The van der Waals surface area contributed by atoms with Crippen LogP contribution in [-0.4, -0.2) is 33.1 Å². The standard InChI is InChI=1S/C31H29N2O5.HI/c1-34-20-5-8-26-23(13-20)19(15-32-26)4-6-22-21-7-9-27(35-2)31(36-3)25(21)16-33-11-10-18-12-28-29(38-17-37-28)14-24(18)30(22)33;/h5,7-9,12-16,32H,4,6,10-11,17H2,1-3H3;1H/q+1;/p-1. The normalized spacial score (nSPS) is 13.1. The Morgan fingerprint density at radius 3 is 2.51 bits per heavy atom. The van der Waals surface area contributed by atoms with Gasteiger partial charge in [-0.3, -0.25) is 0 Å². The topological polar surface area (TPSA) is 65.8 Å². The number of aromatic amines is 1. The summed E-state index contributed by atoms with van der Waals surface area (Å²) in [5, 5.41) is 3.40. The van der Waals surface area contributed by atoms with Crippen LogP contribution < -0.4 is 52.2 Å². The average molecular weight is 636 g/mol. The van der Waals surface area contributed by atoms with E-state index >= 15 is 0 Å². The van der Waals surface area contributed by atoms with Crippen LogP contribution in [0.15, 0.2) is 54.9 Å². The van der Waals surface area contributed by atoms with Gasteiger partial charge in [-0.05, 0) is 66.4 Å². The second kappa shape index (κ2) is 10.1. The monoisotopic (exact) mass is 636 g/mol. The predicted molar refractivity (Wildman–Crippen MR) is 145 cm³/mol. The molecule has 0 saturated carbocycles. The minimum absolute atomic E-state index is 0. The number of nitrogens with zero attached hydrogens (tertiary/aromatic N) is 1. The van der Waals surface area contributed by atoms with Crippen molar-refractivity contribution in [3.63, 3.8) is 0 Å². The molecule has 39 heavy (non-hydrogen) atoms. The van der Waals surface area contributed by atoms with Crippen molar-refractivity contribution < 1.29 is 52.2 Å². The Kier molecular flexibility index (Phi) is 6.66. The number of methoxy groups -OCH3 is 3. The van der Waals surface area contributed by atoms with Crippen molar-refractivity contribution in [2.45, 2.75) is 25.8 Å². The highest BCUT2D eigenvalue weighted by atomic mass is 127. The van der Waals surface area contributed by atoms with E-state index in [-0.39, 0.29) is 30.8 Å².